The highest BCUT2D eigenvalue weighted by atomic mass is 35.5. The maximum Gasteiger partial charge on any atom is 0.246 e. The lowest BCUT2D eigenvalue weighted by Gasteiger charge is -2.25. The van der Waals surface area contributed by atoms with E-state index in [1.54, 1.807) is 6.92 Å². The van der Waals surface area contributed by atoms with Crippen LogP contribution in [-0.2, 0) is 20.0 Å². The molecule has 0 saturated heterocycles. The van der Waals surface area contributed by atoms with E-state index in [1.807, 2.05) is 0 Å². The van der Waals surface area contributed by atoms with E-state index in [1.165, 1.54) is 37.4 Å². The van der Waals surface area contributed by atoms with Crippen LogP contribution in [0.1, 0.15) is 18.5 Å². The molecule has 10 heteroatoms. The third kappa shape index (κ3) is 4.18. The Morgan fingerprint density at radius 2 is 1.64 bits per heavy atom. The number of nitrogens with two attached hydrogens (primary N) is 1. The summed E-state index contributed by atoms with van der Waals surface area (Å²) in [4.78, 5) is -0.579. The van der Waals surface area contributed by atoms with Gasteiger partial charge in [-0.2, -0.15) is 4.31 Å². The quantitative estimate of drug-likeness (QED) is 0.824. The molecule has 0 aliphatic rings. The Labute approximate surface area is 151 Å². The molecule has 1 unspecified atom stereocenters. The van der Waals surface area contributed by atoms with Crippen LogP contribution in [0.5, 0.6) is 0 Å². The van der Waals surface area contributed by atoms with Crippen LogP contribution >= 0.6 is 11.6 Å². The van der Waals surface area contributed by atoms with Crippen LogP contribution in [0.15, 0.2) is 52.3 Å². The van der Waals surface area contributed by atoms with E-state index >= 15 is 0 Å². The van der Waals surface area contributed by atoms with E-state index in [4.69, 9.17) is 16.7 Å². The Morgan fingerprint density at radius 3 is 2.12 bits per heavy atom. The molecule has 0 radical (unpaired) electrons. The van der Waals surface area contributed by atoms with Crippen molar-refractivity contribution in [3.8, 4) is 0 Å². The SMILES string of the molecule is CC(c1ccc(S(N)(=O)=O)cc1)N(C)S(=O)(=O)c1ccc(Cl)cc1F. The van der Waals surface area contributed by atoms with Crippen molar-refractivity contribution in [1.29, 1.82) is 0 Å². The zero-order chi connectivity index (χ0) is 19.0. The number of primary sulfonamides is 1. The van der Waals surface area contributed by atoms with Gasteiger partial charge < -0.3 is 0 Å². The average Bonchev–Trinajstić information content (AvgIpc) is 2.52. The molecule has 0 spiro atoms. The molecule has 2 rings (SSSR count). The second-order valence-electron chi connectivity index (χ2n) is 5.39. The van der Waals surface area contributed by atoms with Crippen molar-refractivity contribution < 1.29 is 21.2 Å². The van der Waals surface area contributed by atoms with Crippen molar-refractivity contribution in [1.82, 2.24) is 4.31 Å². The minimum absolute atomic E-state index is 0.0855. The molecular formula is C15H16ClFN2O4S2. The molecule has 2 aromatic carbocycles. The molecule has 6 nitrogen and oxygen atoms in total. The van der Waals surface area contributed by atoms with E-state index < -0.39 is 36.8 Å². The van der Waals surface area contributed by atoms with Crippen LogP contribution < -0.4 is 5.14 Å². The third-order valence-electron chi connectivity index (χ3n) is 3.79. The van der Waals surface area contributed by atoms with Crippen LogP contribution in [0, 0.1) is 5.82 Å². The standard InChI is InChI=1S/C15H16ClFN2O4S2/c1-10(11-3-6-13(7-4-11)24(18,20)21)19(2)25(22,23)15-8-5-12(16)9-14(15)17/h3-10H,1-2H3,(H2,18,20,21). The van der Waals surface area contributed by atoms with Crippen molar-refractivity contribution in [2.45, 2.75) is 22.8 Å². The normalized spacial score (nSPS) is 13.8. The second-order valence-corrected chi connectivity index (χ2v) is 9.35. The van der Waals surface area contributed by atoms with Gasteiger partial charge in [-0.3, -0.25) is 0 Å². The number of hydrogen-bond donors (Lipinski definition) is 1. The second kappa shape index (κ2) is 7.00. The minimum Gasteiger partial charge on any atom is -0.225 e. The molecule has 136 valence electrons. The fraction of sp³-hybridized carbons (Fsp3) is 0.200. The summed E-state index contributed by atoms with van der Waals surface area (Å²) in [5.41, 5.74) is 0.521. The van der Waals surface area contributed by atoms with Crippen molar-refractivity contribution in [3.63, 3.8) is 0 Å². The minimum atomic E-state index is -4.12. The van der Waals surface area contributed by atoms with Gasteiger partial charge in [0.25, 0.3) is 0 Å². The van der Waals surface area contributed by atoms with Gasteiger partial charge in [-0.1, -0.05) is 23.7 Å². The Bertz CT molecular complexity index is 993. The van der Waals surface area contributed by atoms with Gasteiger partial charge in [-0.25, -0.2) is 26.4 Å². The Hall–Kier alpha value is -1.52. The van der Waals surface area contributed by atoms with Gasteiger partial charge in [0, 0.05) is 18.1 Å². The third-order valence-corrected chi connectivity index (χ3v) is 6.91. The molecule has 0 fully saturated rings. The molecule has 25 heavy (non-hydrogen) atoms. The smallest absolute Gasteiger partial charge is 0.225 e. The lowest BCUT2D eigenvalue weighted by atomic mass is 10.1. The van der Waals surface area contributed by atoms with E-state index in [9.17, 15) is 21.2 Å². The van der Waals surface area contributed by atoms with Gasteiger partial charge in [0.05, 0.1) is 4.90 Å². The molecular weight excluding hydrogens is 391 g/mol. The highest BCUT2D eigenvalue weighted by molar-refractivity contribution is 7.89. The Kier molecular flexibility index (Phi) is 5.55. The molecule has 0 saturated carbocycles. The number of halogens is 2. The number of sulfonamides is 2. The van der Waals surface area contributed by atoms with Crippen LogP contribution in [0.25, 0.3) is 0 Å². The summed E-state index contributed by atoms with van der Waals surface area (Å²) in [7, 11) is -6.65. The number of nitrogens with zero attached hydrogens (tertiary/aromatic N) is 1. The molecule has 0 bridgehead atoms. The summed E-state index contributed by atoms with van der Waals surface area (Å²) < 4.78 is 62.8. The van der Waals surface area contributed by atoms with Crippen molar-refractivity contribution in [2.75, 3.05) is 7.05 Å². The van der Waals surface area contributed by atoms with Crippen LogP contribution in [-0.4, -0.2) is 28.2 Å². The Balaban J connectivity index is 2.37. The molecule has 0 heterocycles. The first-order valence-electron chi connectivity index (χ1n) is 7.00. The average molecular weight is 407 g/mol. The van der Waals surface area contributed by atoms with Gasteiger partial charge in [-0.05, 0) is 42.8 Å². The zero-order valence-corrected chi connectivity index (χ0v) is 15.7. The first kappa shape index (κ1) is 19.8. The molecule has 0 amide bonds. The predicted octanol–water partition coefficient (Wildman–Crippen LogP) is 2.51. The summed E-state index contributed by atoms with van der Waals surface area (Å²) in [6, 6.07) is 8.11. The summed E-state index contributed by atoms with van der Waals surface area (Å²) in [6.07, 6.45) is 0. The zero-order valence-electron chi connectivity index (χ0n) is 13.3. The van der Waals surface area contributed by atoms with E-state index in [0.29, 0.717) is 5.56 Å². The molecule has 0 aliphatic heterocycles. The highest BCUT2D eigenvalue weighted by Crippen LogP contribution is 2.28. The summed E-state index contributed by atoms with van der Waals surface area (Å²) in [5.74, 6) is -0.948. The highest BCUT2D eigenvalue weighted by Gasteiger charge is 2.29. The topological polar surface area (TPSA) is 97.5 Å². The van der Waals surface area contributed by atoms with Gasteiger partial charge in [0.15, 0.2) is 0 Å². The van der Waals surface area contributed by atoms with Crippen molar-refractivity contribution in [3.05, 3.63) is 58.9 Å². The fourth-order valence-electron chi connectivity index (χ4n) is 2.19. The summed E-state index contributed by atoms with van der Waals surface area (Å²) in [5, 5.41) is 5.12. The van der Waals surface area contributed by atoms with Crippen molar-refractivity contribution >= 4 is 31.6 Å². The van der Waals surface area contributed by atoms with Gasteiger partial charge in [0.2, 0.25) is 20.0 Å². The van der Waals surface area contributed by atoms with Crippen LogP contribution in [0.4, 0.5) is 4.39 Å². The number of hydrogen-bond acceptors (Lipinski definition) is 4. The number of rotatable bonds is 5. The van der Waals surface area contributed by atoms with Gasteiger partial charge in [-0.15, -0.1) is 0 Å². The van der Waals surface area contributed by atoms with Crippen LogP contribution in [0.2, 0.25) is 5.02 Å². The van der Waals surface area contributed by atoms with Gasteiger partial charge in [0.1, 0.15) is 10.7 Å². The molecule has 1 atom stereocenters. The number of benzene rings is 2. The molecule has 0 aromatic heterocycles. The largest absolute Gasteiger partial charge is 0.246 e. The van der Waals surface area contributed by atoms with E-state index in [-0.39, 0.29) is 9.92 Å². The lowest BCUT2D eigenvalue weighted by molar-refractivity contribution is 0.395. The van der Waals surface area contributed by atoms with Crippen LogP contribution in [0.3, 0.4) is 0 Å². The predicted molar refractivity (Wildman–Crippen MR) is 92.6 cm³/mol. The molecule has 2 N–H and O–H groups in total. The fourth-order valence-corrected chi connectivity index (χ4v) is 4.26. The molecule has 2 aromatic rings. The first-order chi connectivity index (χ1) is 11.4. The van der Waals surface area contributed by atoms with Crippen molar-refractivity contribution in [2.24, 2.45) is 5.14 Å². The van der Waals surface area contributed by atoms with E-state index in [2.05, 4.69) is 0 Å². The van der Waals surface area contributed by atoms with E-state index in [0.717, 1.165) is 16.4 Å². The maximum absolute atomic E-state index is 14.0. The first-order valence-corrected chi connectivity index (χ1v) is 10.4. The van der Waals surface area contributed by atoms with Gasteiger partial charge >= 0.3 is 0 Å². The molecule has 0 aliphatic carbocycles. The summed E-state index contributed by atoms with van der Waals surface area (Å²) >= 11 is 5.65. The lowest BCUT2D eigenvalue weighted by Crippen LogP contribution is -2.30. The monoisotopic (exact) mass is 406 g/mol. The maximum atomic E-state index is 14.0. The Morgan fingerprint density at radius 1 is 1.08 bits per heavy atom. The summed E-state index contributed by atoms with van der Waals surface area (Å²) in [6.45, 7) is 1.59.